The van der Waals surface area contributed by atoms with Crippen LogP contribution < -0.4 is 5.32 Å². The van der Waals surface area contributed by atoms with Crippen molar-refractivity contribution < 1.29 is 0 Å². The molecule has 0 amide bonds. The molecule has 1 nitrogen and oxygen atoms in total. The third kappa shape index (κ3) is 3.08. The van der Waals surface area contributed by atoms with E-state index in [1.807, 2.05) is 0 Å². The average molecular weight is 282 g/mol. The molecule has 2 heteroatoms. The second kappa shape index (κ2) is 6.41. The second-order valence-electron chi connectivity index (χ2n) is 4.55. The molecule has 88 valence electrons. The van der Waals surface area contributed by atoms with Crippen LogP contribution in [0.5, 0.6) is 0 Å². The first-order valence-electron chi connectivity index (χ1n) is 6.26. The van der Waals surface area contributed by atoms with Crippen LogP contribution in [0.15, 0.2) is 24.3 Å². The Hall–Kier alpha value is -0.340. The number of hydrogen-bond donors (Lipinski definition) is 1. The highest BCUT2D eigenvalue weighted by Crippen LogP contribution is 2.33. The van der Waals surface area contributed by atoms with E-state index < -0.39 is 0 Å². The lowest BCUT2D eigenvalue weighted by molar-refractivity contribution is 0.522. The Bertz CT molecular complexity index is 324. The third-order valence-corrected chi connectivity index (χ3v) is 3.90. The van der Waals surface area contributed by atoms with Crippen LogP contribution >= 0.6 is 15.9 Å². The lowest BCUT2D eigenvalue weighted by atomic mass is 9.77. The highest BCUT2D eigenvalue weighted by Gasteiger charge is 2.24. The van der Waals surface area contributed by atoms with E-state index in [0.29, 0.717) is 0 Å². The molecule has 1 aliphatic rings. The fraction of sp³-hybridized carbons (Fsp3) is 0.571. The minimum absolute atomic E-state index is 0.771. The second-order valence-corrected chi connectivity index (χ2v) is 5.35. The first kappa shape index (κ1) is 12.1. The van der Waals surface area contributed by atoms with Gasteiger partial charge in [-0.15, -0.1) is 0 Å². The Morgan fingerprint density at radius 3 is 2.88 bits per heavy atom. The molecule has 0 heterocycles. The first-order valence-corrected chi connectivity index (χ1v) is 7.38. The van der Waals surface area contributed by atoms with Crippen LogP contribution in [0.2, 0.25) is 0 Å². The smallest absolute Gasteiger partial charge is 0.00313 e. The zero-order valence-electron chi connectivity index (χ0n) is 9.71. The van der Waals surface area contributed by atoms with Gasteiger partial charge < -0.3 is 5.32 Å². The van der Waals surface area contributed by atoms with E-state index in [2.05, 4.69) is 45.5 Å². The maximum Gasteiger partial charge on any atom is 0.00313 e. The van der Waals surface area contributed by atoms with Gasteiger partial charge in [0.1, 0.15) is 0 Å². The van der Waals surface area contributed by atoms with Crippen molar-refractivity contribution in [3.63, 3.8) is 0 Å². The van der Waals surface area contributed by atoms with Crippen molar-refractivity contribution in [3.05, 3.63) is 35.4 Å². The molecule has 1 aliphatic carbocycles. The molecule has 1 atom stereocenters. The van der Waals surface area contributed by atoms with Gasteiger partial charge >= 0.3 is 0 Å². The van der Waals surface area contributed by atoms with E-state index in [9.17, 15) is 0 Å². The first-order chi connectivity index (χ1) is 7.92. The molecule has 0 saturated heterocycles. The summed E-state index contributed by atoms with van der Waals surface area (Å²) in [6, 6.07) is 8.82. The number of alkyl halides is 1. The van der Waals surface area contributed by atoms with Gasteiger partial charge in [0.2, 0.25) is 0 Å². The molecule has 0 saturated carbocycles. The Morgan fingerprint density at radius 1 is 1.19 bits per heavy atom. The number of benzene rings is 1. The summed E-state index contributed by atoms with van der Waals surface area (Å²) in [5.74, 6) is 0.771. The van der Waals surface area contributed by atoms with Gasteiger partial charge in [-0.1, -0.05) is 46.6 Å². The van der Waals surface area contributed by atoms with Crippen molar-refractivity contribution in [1.29, 1.82) is 0 Å². The fourth-order valence-corrected chi connectivity index (χ4v) is 2.74. The van der Waals surface area contributed by atoms with Gasteiger partial charge in [0.15, 0.2) is 0 Å². The molecule has 1 aromatic carbocycles. The lowest BCUT2D eigenvalue weighted by Gasteiger charge is -2.30. The zero-order chi connectivity index (χ0) is 11.2. The summed E-state index contributed by atoms with van der Waals surface area (Å²) in [5, 5.41) is 4.71. The van der Waals surface area contributed by atoms with Crippen molar-refractivity contribution in [1.82, 2.24) is 5.32 Å². The number of halogens is 1. The van der Waals surface area contributed by atoms with Crippen LogP contribution in [0, 0.1) is 0 Å². The highest BCUT2D eigenvalue weighted by atomic mass is 79.9. The summed E-state index contributed by atoms with van der Waals surface area (Å²) in [5.41, 5.74) is 3.11. The molecule has 0 bridgehead atoms. The minimum Gasteiger partial charge on any atom is -0.316 e. The molecule has 0 radical (unpaired) electrons. The van der Waals surface area contributed by atoms with Crippen molar-refractivity contribution in [3.8, 4) is 0 Å². The minimum atomic E-state index is 0.771. The Labute approximate surface area is 107 Å². The quantitative estimate of drug-likeness (QED) is 0.596. The number of nitrogens with one attached hydrogen (secondary N) is 1. The van der Waals surface area contributed by atoms with Crippen LogP contribution in [0.4, 0.5) is 0 Å². The van der Waals surface area contributed by atoms with E-state index >= 15 is 0 Å². The topological polar surface area (TPSA) is 12.0 Å². The predicted molar refractivity (Wildman–Crippen MR) is 73.4 cm³/mol. The monoisotopic (exact) mass is 281 g/mol. The molecule has 2 rings (SSSR count). The molecule has 16 heavy (non-hydrogen) atoms. The van der Waals surface area contributed by atoms with Gasteiger partial charge in [-0.3, -0.25) is 0 Å². The fourth-order valence-electron chi connectivity index (χ4n) is 2.34. The molecule has 0 aliphatic heterocycles. The maximum atomic E-state index is 3.57. The predicted octanol–water partition coefficient (Wildman–Crippen LogP) is 3.48. The Balaban J connectivity index is 1.59. The number of fused-ring (bicyclic) bond motifs is 1. The van der Waals surface area contributed by atoms with Crippen molar-refractivity contribution in [2.75, 3.05) is 18.4 Å². The van der Waals surface area contributed by atoms with Crippen LogP contribution in [0.25, 0.3) is 0 Å². The van der Waals surface area contributed by atoms with Gasteiger partial charge in [0, 0.05) is 17.8 Å². The molecule has 1 unspecified atom stereocenters. The van der Waals surface area contributed by atoms with Crippen molar-refractivity contribution in [2.24, 2.45) is 0 Å². The Morgan fingerprint density at radius 2 is 2.06 bits per heavy atom. The zero-order valence-corrected chi connectivity index (χ0v) is 11.3. The summed E-state index contributed by atoms with van der Waals surface area (Å²) in [6.07, 6.45) is 5.21. The van der Waals surface area contributed by atoms with Gasteiger partial charge in [0.25, 0.3) is 0 Å². The van der Waals surface area contributed by atoms with Gasteiger partial charge in [-0.2, -0.15) is 0 Å². The lowest BCUT2D eigenvalue weighted by Crippen LogP contribution is -2.29. The molecule has 0 aromatic heterocycles. The summed E-state index contributed by atoms with van der Waals surface area (Å²) in [4.78, 5) is 0. The largest absolute Gasteiger partial charge is 0.316 e. The summed E-state index contributed by atoms with van der Waals surface area (Å²) < 4.78 is 0. The maximum absolute atomic E-state index is 3.57. The van der Waals surface area contributed by atoms with Crippen LogP contribution in [-0.2, 0) is 6.42 Å². The SMILES string of the molecule is BrCCCCCNCC1Cc2ccccc21. The highest BCUT2D eigenvalue weighted by molar-refractivity contribution is 9.09. The van der Waals surface area contributed by atoms with E-state index in [4.69, 9.17) is 0 Å². The standard InChI is InChI=1S/C14H20BrN/c15-8-4-1-5-9-16-11-13-10-12-6-2-3-7-14(12)13/h2-3,6-7,13,16H,1,4-5,8-11H2. The van der Waals surface area contributed by atoms with Crippen LogP contribution in [0.3, 0.4) is 0 Å². The third-order valence-electron chi connectivity index (χ3n) is 3.34. The van der Waals surface area contributed by atoms with Gasteiger partial charge in [0.05, 0.1) is 0 Å². The van der Waals surface area contributed by atoms with E-state index in [0.717, 1.165) is 17.8 Å². The summed E-state index contributed by atoms with van der Waals surface area (Å²) in [7, 11) is 0. The summed E-state index contributed by atoms with van der Waals surface area (Å²) in [6.45, 7) is 2.33. The van der Waals surface area contributed by atoms with E-state index in [-0.39, 0.29) is 0 Å². The molecular formula is C14H20BrN. The van der Waals surface area contributed by atoms with Crippen LogP contribution in [0.1, 0.15) is 36.3 Å². The number of unbranched alkanes of at least 4 members (excludes halogenated alkanes) is 2. The van der Waals surface area contributed by atoms with Crippen molar-refractivity contribution >= 4 is 15.9 Å². The number of rotatable bonds is 7. The number of hydrogen-bond acceptors (Lipinski definition) is 1. The molecule has 0 spiro atoms. The molecule has 1 aromatic rings. The van der Waals surface area contributed by atoms with Gasteiger partial charge in [-0.25, -0.2) is 0 Å². The summed E-state index contributed by atoms with van der Waals surface area (Å²) >= 11 is 3.46. The van der Waals surface area contributed by atoms with Gasteiger partial charge in [-0.05, 0) is 36.9 Å². The van der Waals surface area contributed by atoms with Crippen molar-refractivity contribution in [2.45, 2.75) is 31.6 Å². The van der Waals surface area contributed by atoms with E-state index in [1.54, 1.807) is 11.1 Å². The molecule has 0 fully saturated rings. The molecular weight excluding hydrogens is 262 g/mol. The normalized spacial score (nSPS) is 17.9. The Kier molecular flexibility index (Phi) is 4.86. The van der Waals surface area contributed by atoms with Crippen LogP contribution in [-0.4, -0.2) is 18.4 Å². The van der Waals surface area contributed by atoms with E-state index in [1.165, 1.54) is 32.2 Å². The molecule has 1 N–H and O–H groups in total. The average Bonchev–Trinajstić information content (AvgIpc) is 2.28.